The van der Waals surface area contributed by atoms with Crippen molar-refractivity contribution in [3.63, 3.8) is 0 Å². The van der Waals surface area contributed by atoms with Gasteiger partial charge in [0, 0.05) is 12.6 Å². The van der Waals surface area contributed by atoms with Crippen molar-refractivity contribution in [2.24, 2.45) is 7.05 Å². The molecule has 0 spiro atoms. The number of carboxylic acid groups (broad SMARTS) is 1. The third kappa shape index (κ3) is 2.53. The van der Waals surface area contributed by atoms with Gasteiger partial charge in [0.1, 0.15) is 11.6 Å². The van der Waals surface area contributed by atoms with Gasteiger partial charge in [-0.2, -0.15) is 0 Å². The zero-order valence-corrected chi connectivity index (χ0v) is 12.4. The van der Waals surface area contributed by atoms with E-state index in [0.717, 1.165) is 33.7 Å². The molecule has 22 heavy (non-hydrogen) atoms. The van der Waals surface area contributed by atoms with Crippen LogP contribution in [0.3, 0.4) is 0 Å². The van der Waals surface area contributed by atoms with Crippen LogP contribution in [0.1, 0.15) is 5.56 Å². The number of hydrogen-bond donors (Lipinski definition) is 1. The first kappa shape index (κ1) is 14.1. The van der Waals surface area contributed by atoms with Crippen molar-refractivity contribution < 1.29 is 14.6 Å². The standard InChI is InChI=1S/C17H16N2O3/c1-19-15-8-3-11(10-16(20)21)9-14(15)18-17(19)12-4-6-13(22-2)7-5-12/h3-9H,10H2,1-2H3,(H,20,21). The number of carbonyl (C=O) groups is 1. The number of nitrogens with zero attached hydrogens (tertiary/aromatic N) is 2. The second-order valence-corrected chi connectivity index (χ2v) is 5.12. The predicted octanol–water partition coefficient (Wildman–Crippen LogP) is 2.88. The van der Waals surface area contributed by atoms with E-state index < -0.39 is 5.97 Å². The highest BCUT2D eigenvalue weighted by molar-refractivity contribution is 5.82. The highest BCUT2D eigenvalue weighted by Crippen LogP contribution is 2.26. The van der Waals surface area contributed by atoms with Crippen LogP contribution in [0.4, 0.5) is 0 Å². The summed E-state index contributed by atoms with van der Waals surface area (Å²) in [4.78, 5) is 15.5. The van der Waals surface area contributed by atoms with E-state index in [9.17, 15) is 4.79 Å². The number of carboxylic acids is 1. The molecule has 1 aromatic heterocycles. The highest BCUT2D eigenvalue weighted by Gasteiger charge is 2.11. The molecule has 0 fully saturated rings. The van der Waals surface area contributed by atoms with Crippen molar-refractivity contribution in [1.82, 2.24) is 9.55 Å². The Morgan fingerprint density at radius 3 is 2.59 bits per heavy atom. The second-order valence-electron chi connectivity index (χ2n) is 5.12. The van der Waals surface area contributed by atoms with Crippen molar-refractivity contribution in [3.05, 3.63) is 48.0 Å². The lowest BCUT2D eigenvalue weighted by Gasteiger charge is -2.04. The van der Waals surface area contributed by atoms with Crippen LogP contribution in [0.5, 0.6) is 5.75 Å². The fourth-order valence-electron chi connectivity index (χ4n) is 2.53. The molecule has 0 aliphatic rings. The summed E-state index contributed by atoms with van der Waals surface area (Å²) in [6.45, 7) is 0. The van der Waals surface area contributed by atoms with E-state index in [0.29, 0.717) is 0 Å². The number of aliphatic carboxylic acids is 1. The smallest absolute Gasteiger partial charge is 0.307 e. The molecule has 112 valence electrons. The quantitative estimate of drug-likeness (QED) is 0.804. The molecular weight excluding hydrogens is 280 g/mol. The third-order valence-corrected chi connectivity index (χ3v) is 3.65. The SMILES string of the molecule is COc1ccc(-c2nc3cc(CC(=O)O)ccc3n2C)cc1. The van der Waals surface area contributed by atoms with E-state index in [1.807, 2.05) is 54.1 Å². The Morgan fingerprint density at radius 1 is 1.23 bits per heavy atom. The van der Waals surface area contributed by atoms with Crippen LogP contribution in [-0.2, 0) is 18.3 Å². The van der Waals surface area contributed by atoms with Gasteiger partial charge in [-0.1, -0.05) is 6.07 Å². The number of fused-ring (bicyclic) bond motifs is 1. The number of rotatable bonds is 4. The van der Waals surface area contributed by atoms with Crippen LogP contribution in [0.2, 0.25) is 0 Å². The highest BCUT2D eigenvalue weighted by atomic mass is 16.5. The molecule has 2 aromatic carbocycles. The van der Waals surface area contributed by atoms with Crippen molar-refractivity contribution in [1.29, 1.82) is 0 Å². The van der Waals surface area contributed by atoms with Gasteiger partial charge < -0.3 is 14.4 Å². The minimum absolute atomic E-state index is 0.00435. The van der Waals surface area contributed by atoms with E-state index >= 15 is 0 Å². The lowest BCUT2D eigenvalue weighted by Crippen LogP contribution is -1.99. The summed E-state index contributed by atoms with van der Waals surface area (Å²) in [5, 5.41) is 8.89. The average Bonchev–Trinajstić information content (AvgIpc) is 2.83. The van der Waals surface area contributed by atoms with E-state index in [1.54, 1.807) is 7.11 Å². The lowest BCUT2D eigenvalue weighted by atomic mass is 10.1. The summed E-state index contributed by atoms with van der Waals surface area (Å²) in [5.74, 6) is 0.794. The first-order valence-corrected chi connectivity index (χ1v) is 6.90. The molecule has 0 aliphatic carbocycles. The number of hydrogen-bond acceptors (Lipinski definition) is 3. The molecule has 1 heterocycles. The Hall–Kier alpha value is -2.82. The van der Waals surface area contributed by atoms with Gasteiger partial charge in [-0.15, -0.1) is 0 Å². The van der Waals surface area contributed by atoms with Gasteiger partial charge in [0.25, 0.3) is 0 Å². The van der Waals surface area contributed by atoms with E-state index in [-0.39, 0.29) is 6.42 Å². The number of aryl methyl sites for hydroxylation is 1. The molecule has 0 atom stereocenters. The Morgan fingerprint density at radius 2 is 1.95 bits per heavy atom. The van der Waals surface area contributed by atoms with Crippen LogP contribution in [0, 0.1) is 0 Å². The average molecular weight is 296 g/mol. The molecular formula is C17H16N2O3. The van der Waals surface area contributed by atoms with Gasteiger partial charge >= 0.3 is 5.97 Å². The summed E-state index contributed by atoms with van der Waals surface area (Å²) in [6.07, 6.45) is 0.00435. The monoisotopic (exact) mass is 296 g/mol. The van der Waals surface area contributed by atoms with Gasteiger partial charge in [0.05, 0.1) is 24.6 Å². The van der Waals surface area contributed by atoms with Crippen LogP contribution in [0.25, 0.3) is 22.4 Å². The number of aromatic nitrogens is 2. The molecule has 3 rings (SSSR count). The normalized spacial score (nSPS) is 10.8. The molecule has 0 unspecified atom stereocenters. The summed E-state index contributed by atoms with van der Waals surface area (Å²) >= 11 is 0. The molecule has 0 aliphatic heterocycles. The maximum absolute atomic E-state index is 10.8. The van der Waals surface area contributed by atoms with Gasteiger partial charge in [-0.3, -0.25) is 4.79 Å². The van der Waals surface area contributed by atoms with Crippen LogP contribution in [0.15, 0.2) is 42.5 Å². The Kier molecular flexibility index (Phi) is 3.55. The maximum Gasteiger partial charge on any atom is 0.307 e. The first-order chi connectivity index (χ1) is 10.6. The van der Waals surface area contributed by atoms with Crippen LogP contribution >= 0.6 is 0 Å². The summed E-state index contributed by atoms with van der Waals surface area (Å²) in [5.41, 5.74) is 3.51. The molecule has 0 saturated heterocycles. The first-order valence-electron chi connectivity index (χ1n) is 6.90. The molecule has 0 radical (unpaired) electrons. The van der Waals surface area contributed by atoms with Gasteiger partial charge in [0.2, 0.25) is 0 Å². The molecule has 3 aromatic rings. The minimum atomic E-state index is -0.842. The Balaban J connectivity index is 2.06. The summed E-state index contributed by atoms with van der Waals surface area (Å²) < 4.78 is 7.17. The number of imidazole rings is 1. The van der Waals surface area contributed by atoms with E-state index in [2.05, 4.69) is 4.98 Å². The van der Waals surface area contributed by atoms with Crippen LogP contribution in [-0.4, -0.2) is 27.7 Å². The van der Waals surface area contributed by atoms with Crippen molar-refractivity contribution in [2.45, 2.75) is 6.42 Å². The Bertz CT molecular complexity index is 835. The largest absolute Gasteiger partial charge is 0.497 e. The molecule has 0 amide bonds. The second kappa shape index (κ2) is 5.52. The van der Waals surface area contributed by atoms with Gasteiger partial charge in [0.15, 0.2) is 0 Å². The molecule has 0 saturated carbocycles. The zero-order chi connectivity index (χ0) is 15.7. The molecule has 5 nitrogen and oxygen atoms in total. The fourth-order valence-corrected chi connectivity index (χ4v) is 2.53. The molecule has 0 bridgehead atoms. The van der Waals surface area contributed by atoms with E-state index in [4.69, 9.17) is 9.84 Å². The third-order valence-electron chi connectivity index (χ3n) is 3.65. The number of ether oxygens (including phenoxy) is 1. The molecule has 5 heteroatoms. The zero-order valence-electron chi connectivity index (χ0n) is 12.4. The van der Waals surface area contributed by atoms with Crippen molar-refractivity contribution in [3.8, 4) is 17.1 Å². The lowest BCUT2D eigenvalue weighted by molar-refractivity contribution is -0.136. The maximum atomic E-state index is 10.8. The minimum Gasteiger partial charge on any atom is -0.497 e. The van der Waals surface area contributed by atoms with Crippen LogP contribution < -0.4 is 4.74 Å². The van der Waals surface area contributed by atoms with Crippen molar-refractivity contribution in [2.75, 3.05) is 7.11 Å². The van der Waals surface area contributed by atoms with Gasteiger partial charge in [-0.25, -0.2) is 4.98 Å². The number of methoxy groups -OCH3 is 1. The van der Waals surface area contributed by atoms with Crippen molar-refractivity contribution >= 4 is 17.0 Å². The predicted molar refractivity (Wildman–Crippen MR) is 84.0 cm³/mol. The Labute approximate surface area is 127 Å². The number of benzene rings is 2. The summed E-state index contributed by atoms with van der Waals surface area (Å²) in [6, 6.07) is 13.3. The van der Waals surface area contributed by atoms with Gasteiger partial charge in [-0.05, 0) is 42.0 Å². The molecule has 1 N–H and O–H groups in total. The van der Waals surface area contributed by atoms with E-state index in [1.165, 1.54) is 0 Å². The fraction of sp³-hybridized carbons (Fsp3) is 0.176. The topological polar surface area (TPSA) is 64.3 Å². The summed E-state index contributed by atoms with van der Waals surface area (Å²) in [7, 11) is 3.58.